The maximum absolute atomic E-state index is 12.1. The third-order valence-electron chi connectivity index (χ3n) is 3.25. The van der Waals surface area contributed by atoms with Gasteiger partial charge in [0.25, 0.3) is 11.6 Å². The second-order valence-electron chi connectivity index (χ2n) is 4.44. The second kappa shape index (κ2) is 5.18. The van der Waals surface area contributed by atoms with Gasteiger partial charge in [-0.2, -0.15) is 0 Å². The summed E-state index contributed by atoms with van der Waals surface area (Å²) >= 11 is 0. The Bertz CT molecular complexity index is 451. The van der Waals surface area contributed by atoms with E-state index in [1.54, 1.807) is 11.9 Å². The van der Waals surface area contributed by atoms with Gasteiger partial charge in [-0.25, -0.2) is 0 Å². The van der Waals surface area contributed by atoms with Gasteiger partial charge >= 0.3 is 0 Å². The van der Waals surface area contributed by atoms with Gasteiger partial charge in [-0.05, 0) is 19.4 Å². The Morgan fingerprint density at radius 3 is 2.94 bits per heavy atom. The lowest BCUT2D eigenvalue weighted by Gasteiger charge is -2.31. The fourth-order valence-electron chi connectivity index (χ4n) is 2.13. The lowest BCUT2D eigenvalue weighted by molar-refractivity contribution is -0.384. The summed E-state index contributed by atoms with van der Waals surface area (Å²) < 4.78 is 0. The molecular formula is C11H16N4O3. The zero-order valence-electron chi connectivity index (χ0n) is 10.2. The van der Waals surface area contributed by atoms with E-state index in [0.717, 1.165) is 25.9 Å². The van der Waals surface area contributed by atoms with E-state index in [0.29, 0.717) is 0 Å². The number of amides is 1. The number of aromatic nitrogens is 1. The Labute approximate surface area is 104 Å². The first kappa shape index (κ1) is 12.6. The summed E-state index contributed by atoms with van der Waals surface area (Å²) in [6.07, 6.45) is 3.23. The van der Waals surface area contributed by atoms with Crippen molar-refractivity contribution in [3.05, 3.63) is 28.1 Å². The second-order valence-corrected chi connectivity index (χ2v) is 4.44. The lowest BCUT2D eigenvalue weighted by Crippen LogP contribution is -2.46. The zero-order chi connectivity index (χ0) is 13.1. The first-order valence-corrected chi connectivity index (χ1v) is 5.90. The number of rotatable bonds is 3. The minimum absolute atomic E-state index is 0.0893. The smallest absolute Gasteiger partial charge is 0.287 e. The van der Waals surface area contributed by atoms with E-state index >= 15 is 0 Å². The largest absolute Gasteiger partial charge is 0.351 e. The summed E-state index contributed by atoms with van der Waals surface area (Å²) in [6, 6.07) is 1.42. The van der Waals surface area contributed by atoms with E-state index in [1.807, 2.05) is 0 Å². The van der Waals surface area contributed by atoms with E-state index in [-0.39, 0.29) is 23.3 Å². The molecule has 1 saturated heterocycles. The first-order valence-electron chi connectivity index (χ1n) is 5.90. The topological polar surface area (TPSA) is 91.3 Å². The zero-order valence-corrected chi connectivity index (χ0v) is 10.2. The van der Waals surface area contributed by atoms with Crippen molar-refractivity contribution in [3.8, 4) is 0 Å². The molecule has 0 saturated carbocycles. The van der Waals surface area contributed by atoms with Crippen LogP contribution in [0.25, 0.3) is 0 Å². The highest BCUT2D eigenvalue weighted by atomic mass is 16.6. The van der Waals surface area contributed by atoms with E-state index in [2.05, 4.69) is 10.3 Å². The monoisotopic (exact) mass is 252 g/mol. The van der Waals surface area contributed by atoms with Gasteiger partial charge in [-0.15, -0.1) is 0 Å². The fraction of sp³-hybridized carbons (Fsp3) is 0.545. The molecule has 1 aromatic heterocycles. The van der Waals surface area contributed by atoms with Crippen molar-refractivity contribution < 1.29 is 9.72 Å². The highest BCUT2D eigenvalue weighted by Crippen LogP contribution is 2.16. The van der Waals surface area contributed by atoms with Crippen molar-refractivity contribution in [1.82, 2.24) is 15.2 Å². The van der Waals surface area contributed by atoms with Crippen LogP contribution >= 0.6 is 0 Å². The maximum Gasteiger partial charge on any atom is 0.287 e. The summed E-state index contributed by atoms with van der Waals surface area (Å²) in [4.78, 5) is 26.5. The molecule has 2 rings (SSSR count). The average molecular weight is 252 g/mol. The number of piperidine rings is 1. The van der Waals surface area contributed by atoms with Gasteiger partial charge in [0, 0.05) is 25.7 Å². The maximum atomic E-state index is 12.1. The predicted octanol–water partition coefficient (Wildman–Crippen LogP) is 0.747. The molecule has 0 aliphatic carbocycles. The van der Waals surface area contributed by atoms with Crippen LogP contribution in [0.2, 0.25) is 0 Å². The van der Waals surface area contributed by atoms with Gasteiger partial charge in [-0.3, -0.25) is 14.9 Å². The Morgan fingerprint density at radius 2 is 2.39 bits per heavy atom. The van der Waals surface area contributed by atoms with Crippen molar-refractivity contribution in [2.24, 2.45) is 0 Å². The van der Waals surface area contributed by atoms with Crippen molar-refractivity contribution >= 4 is 11.6 Å². The summed E-state index contributed by atoms with van der Waals surface area (Å²) in [5.74, 6) is -0.211. The molecule has 7 nitrogen and oxygen atoms in total. The number of likely N-dealkylation sites (N-methyl/N-ethyl adjacent to an activating group) is 1. The molecule has 2 N–H and O–H groups in total. The van der Waals surface area contributed by atoms with Crippen molar-refractivity contribution in [2.45, 2.75) is 18.9 Å². The predicted molar refractivity (Wildman–Crippen MR) is 65.4 cm³/mol. The number of carbonyl (C=O) groups excluding carboxylic acids is 1. The number of nitro groups is 1. The Balaban J connectivity index is 2.07. The number of aromatic amines is 1. The van der Waals surface area contributed by atoms with Gasteiger partial charge < -0.3 is 15.2 Å². The van der Waals surface area contributed by atoms with Crippen molar-refractivity contribution in [1.29, 1.82) is 0 Å². The SMILES string of the molecule is CN(C(=O)c1cc([N+](=O)[O-])c[nH]1)C1CCCNC1. The van der Waals surface area contributed by atoms with E-state index in [4.69, 9.17) is 0 Å². The summed E-state index contributed by atoms with van der Waals surface area (Å²) in [6.45, 7) is 1.75. The van der Waals surface area contributed by atoms with Crippen LogP contribution in [0.15, 0.2) is 12.3 Å². The molecule has 0 bridgehead atoms. The molecule has 1 aliphatic rings. The lowest BCUT2D eigenvalue weighted by atomic mass is 10.1. The van der Waals surface area contributed by atoms with Crippen molar-refractivity contribution in [2.75, 3.05) is 20.1 Å². The van der Waals surface area contributed by atoms with Crippen LogP contribution in [0, 0.1) is 10.1 Å². The van der Waals surface area contributed by atoms with Gasteiger partial charge in [0.2, 0.25) is 0 Å². The number of H-pyrrole nitrogens is 1. The third kappa shape index (κ3) is 2.51. The minimum Gasteiger partial charge on any atom is -0.351 e. The van der Waals surface area contributed by atoms with Gasteiger partial charge in [0.1, 0.15) is 5.69 Å². The quantitative estimate of drug-likeness (QED) is 0.613. The molecule has 0 aromatic carbocycles. The molecule has 1 fully saturated rings. The molecule has 18 heavy (non-hydrogen) atoms. The first-order chi connectivity index (χ1) is 8.59. The molecule has 1 atom stereocenters. The van der Waals surface area contributed by atoms with Crippen LogP contribution in [-0.2, 0) is 0 Å². The van der Waals surface area contributed by atoms with Crippen LogP contribution in [0.3, 0.4) is 0 Å². The molecule has 7 heteroatoms. The van der Waals surface area contributed by atoms with Crippen LogP contribution in [0.1, 0.15) is 23.3 Å². The summed E-state index contributed by atoms with van der Waals surface area (Å²) in [7, 11) is 1.73. The number of hydrogen-bond donors (Lipinski definition) is 2. The highest BCUT2D eigenvalue weighted by Gasteiger charge is 2.24. The molecule has 0 spiro atoms. The normalized spacial score (nSPS) is 19.5. The molecule has 1 aliphatic heterocycles. The molecule has 98 valence electrons. The Kier molecular flexibility index (Phi) is 3.61. The number of nitrogens with one attached hydrogen (secondary N) is 2. The highest BCUT2D eigenvalue weighted by molar-refractivity contribution is 5.93. The number of hydrogen-bond acceptors (Lipinski definition) is 4. The number of carbonyl (C=O) groups is 1. The van der Waals surface area contributed by atoms with Crippen LogP contribution in [0.5, 0.6) is 0 Å². The van der Waals surface area contributed by atoms with Crippen LogP contribution in [-0.4, -0.2) is 46.9 Å². The summed E-state index contributed by atoms with van der Waals surface area (Å²) in [5.41, 5.74) is 0.170. The molecule has 2 heterocycles. The van der Waals surface area contributed by atoms with E-state index in [9.17, 15) is 14.9 Å². The fourth-order valence-corrected chi connectivity index (χ4v) is 2.13. The van der Waals surface area contributed by atoms with Crippen LogP contribution in [0.4, 0.5) is 5.69 Å². The third-order valence-corrected chi connectivity index (χ3v) is 3.25. The molecule has 0 radical (unpaired) electrons. The molecule has 1 unspecified atom stereocenters. The van der Waals surface area contributed by atoms with Crippen LogP contribution < -0.4 is 5.32 Å². The summed E-state index contributed by atoms with van der Waals surface area (Å²) in [5, 5.41) is 13.8. The molecular weight excluding hydrogens is 236 g/mol. The van der Waals surface area contributed by atoms with Crippen molar-refractivity contribution in [3.63, 3.8) is 0 Å². The van der Waals surface area contributed by atoms with Gasteiger partial charge in [-0.1, -0.05) is 0 Å². The van der Waals surface area contributed by atoms with E-state index < -0.39 is 4.92 Å². The van der Waals surface area contributed by atoms with Gasteiger partial charge in [0.05, 0.1) is 11.1 Å². The van der Waals surface area contributed by atoms with E-state index in [1.165, 1.54) is 12.3 Å². The standard InChI is InChI=1S/C11H16N4O3/c1-14(8-3-2-4-12-6-8)11(16)10-5-9(7-13-10)15(17)18/h5,7-8,12-13H,2-4,6H2,1H3. The number of nitrogens with zero attached hydrogens (tertiary/aromatic N) is 2. The van der Waals surface area contributed by atoms with Gasteiger partial charge in [0.15, 0.2) is 0 Å². The molecule has 1 aromatic rings. The molecule has 1 amide bonds. The average Bonchev–Trinajstić information content (AvgIpc) is 2.88. The Hall–Kier alpha value is -1.89. The Morgan fingerprint density at radius 1 is 1.61 bits per heavy atom. The minimum atomic E-state index is -0.518.